The molecule has 0 aromatic carbocycles. The Balaban J connectivity index is 2.07. The smallest absolute Gasteiger partial charge is 0.173 e. The van der Waals surface area contributed by atoms with Gasteiger partial charge in [-0.25, -0.2) is 0 Å². The first kappa shape index (κ1) is 9.79. The van der Waals surface area contributed by atoms with Gasteiger partial charge >= 0.3 is 0 Å². The number of ether oxygens (including phenoxy) is 2. The van der Waals surface area contributed by atoms with Crippen LogP contribution >= 0.6 is 0 Å². The second-order valence-corrected chi connectivity index (χ2v) is 5.92. The van der Waals surface area contributed by atoms with E-state index < -0.39 is 5.79 Å². The Bertz CT molecular complexity index is 328. The Labute approximate surface area is 90.1 Å². The zero-order valence-corrected chi connectivity index (χ0v) is 9.63. The van der Waals surface area contributed by atoms with Crippen molar-refractivity contribution in [3.05, 3.63) is 0 Å². The highest BCUT2D eigenvalue weighted by molar-refractivity contribution is 5.89. The molecule has 0 N–H and O–H groups in total. The van der Waals surface area contributed by atoms with E-state index in [1.165, 1.54) is 0 Å². The topological polar surface area (TPSA) is 35.5 Å². The van der Waals surface area contributed by atoms with Gasteiger partial charge in [0, 0.05) is 24.2 Å². The van der Waals surface area contributed by atoms with Crippen LogP contribution in [-0.4, -0.2) is 24.8 Å². The van der Waals surface area contributed by atoms with Crippen molar-refractivity contribution >= 4 is 5.78 Å². The van der Waals surface area contributed by atoms with Crippen LogP contribution in [0.5, 0.6) is 0 Å². The van der Waals surface area contributed by atoms with E-state index in [1.807, 2.05) is 0 Å². The van der Waals surface area contributed by atoms with Crippen molar-refractivity contribution in [1.29, 1.82) is 0 Å². The number of hydrogen-bond donors (Lipinski definition) is 0. The average Bonchev–Trinajstić information content (AvgIpc) is 2.70. The van der Waals surface area contributed by atoms with Gasteiger partial charge in [0.05, 0.1) is 13.2 Å². The van der Waals surface area contributed by atoms with Gasteiger partial charge in [0.1, 0.15) is 5.78 Å². The van der Waals surface area contributed by atoms with Gasteiger partial charge in [-0.15, -0.1) is 0 Å². The first-order valence-corrected chi connectivity index (χ1v) is 5.74. The number of hydrogen-bond acceptors (Lipinski definition) is 3. The van der Waals surface area contributed by atoms with Gasteiger partial charge in [-0.05, 0) is 5.41 Å². The Morgan fingerprint density at radius 2 is 1.80 bits per heavy atom. The SMILES string of the molecule is CC12CC3(OCCO3)C(CC1=O)C2(C)C. The molecule has 1 heterocycles. The normalized spacial score (nSPS) is 45.5. The van der Waals surface area contributed by atoms with Crippen molar-refractivity contribution in [2.24, 2.45) is 16.7 Å². The molecule has 2 unspecified atom stereocenters. The van der Waals surface area contributed by atoms with E-state index >= 15 is 0 Å². The van der Waals surface area contributed by atoms with E-state index in [1.54, 1.807) is 0 Å². The third kappa shape index (κ3) is 0.878. The van der Waals surface area contributed by atoms with E-state index in [9.17, 15) is 4.79 Å². The summed E-state index contributed by atoms with van der Waals surface area (Å²) in [7, 11) is 0. The summed E-state index contributed by atoms with van der Waals surface area (Å²) in [5.41, 5.74) is -0.240. The number of carbonyl (C=O) groups excluding carboxylic acids is 1. The molecule has 0 aromatic heterocycles. The lowest BCUT2D eigenvalue weighted by Crippen LogP contribution is -2.41. The standard InChI is InChI=1S/C12H18O3/c1-10(2)8-6-9(13)11(10,3)7-12(8)14-4-5-15-12/h8H,4-7H2,1-3H3. The van der Waals surface area contributed by atoms with Gasteiger partial charge in [0.2, 0.25) is 0 Å². The summed E-state index contributed by atoms with van der Waals surface area (Å²) in [5.74, 6) is 0.193. The predicted molar refractivity (Wildman–Crippen MR) is 54.3 cm³/mol. The summed E-state index contributed by atoms with van der Waals surface area (Å²) in [5, 5.41) is 0. The second-order valence-electron chi connectivity index (χ2n) is 5.92. The largest absolute Gasteiger partial charge is 0.347 e. The third-order valence-electron chi connectivity index (χ3n) is 5.21. The summed E-state index contributed by atoms with van der Waals surface area (Å²) >= 11 is 0. The van der Waals surface area contributed by atoms with Crippen LogP contribution in [0.4, 0.5) is 0 Å². The van der Waals surface area contributed by atoms with Gasteiger partial charge in [0.15, 0.2) is 5.79 Å². The summed E-state index contributed by atoms with van der Waals surface area (Å²) in [6.45, 7) is 7.80. The van der Waals surface area contributed by atoms with Crippen molar-refractivity contribution in [3.8, 4) is 0 Å². The van der Waals surface area contributed by atoms with Crippen LogP contribution in [0.1, 0.15) is 33.6 Å². The molecule has 1 saturated heterocycles. The van der Waals surface area contributed by atoms with Crippen LogP contribution in [0.25, 0.3) is 0 Å². The quantitative estimate of drug-likeness (QED) is 0.611. The maximum atomic E-state index is 12.0. The number of rotatable bonds is 0. The third-order valence-corrected chi connectivity index (χ3v) is 5.21. The molecule has 2 atom stereocenters. The zero-order valence-electron chi connectivity index (χ0n) is 9.63. The van der Waals surface area contributed by atoms with E-state index in [2.05, 4.69) is 20.8 Å². The highest BCUT2D eigenvalue weighted by Gasteiger charge is 2.73. The van der Waals surface area contributed by atoms with Gasteiger partial charge in [-0.1, -0.05) is 20.8 Å². The average molecular weight is 210 g/mol. The highest BCUT2D eigenvalue weighted by Crippen LogP contribution is 2.69. The van der Waals surface area contributed by atoms with E-state index in [4.69, 9.17) is 9.47 Å². The molecule has 15 heavy (non-hydrogen) atoms. The molecule has 84 valence electrons. The fourth-order valence-electron chi connectivity index (χ4n) is 3.83. The number of carbonyl (C=O) groups is 1. The van der Waals surface area contributed by atoms with E-state index in [-0.39, 0.29) is 16.7 Å². The molecule has 1 aliphatic heterocycles. The predicted octanol–water partition coefficient (Wildman–Crippen LogP) is 1.75. The molecule has 3 aliphatic rings. The van der Waals surface area contributed by atoms with Crippen LogP contribution in [-0.2, 0) is 14.3 Å². The van der Waals surface area contributed by atoms with Crippen LogP contribution in [0.3, 0.4) is 0 Å². The first-order chi connectivity index (χ1) is 6.92. The molecule has 0 aromatic rings. The molecular weight excluding hydrogens is 192 g/mol. The summed E-state index contributed by atoms with van der Waals surface area (Å²) in [4.78, 5) is 12.0. The molecule has 3 rings (SSSR count). The first-order valence-electron chi connectivity index (χ1n) is 5.74. The Hall–Kier alpha value is -0.410. The molecule has 3 heteroatoms. The number of ketones is 1. The lowest BCUT2D eigenvalue weighted by molar-refractivity contribution is -0.199. The molecule has 3 nitrogen and oxygen atoms in total. The van der Waals surface area contributed by atoms with Crippen LogP contribution < -0.4 is 0 Å². The van der Waals surface area contributed by atoms with E-state index in [0.717, 1.165) is 6.42 Å². The maximum Gasteiger partial charge on any atom is 0.173 e. The lowest BCUT2D eigenvalue weighted by Gasteiger charge is -2.33. The fraction of sp³-hybridized carbons (Fsp3) is 0.917. The molecule has 2 bridgehead atoms. The van der Waals surface area contributed by atoms with Crippen molar-refractivity contribution in [1.82, 2.24) is 0 Å². The van der Waals surface area contributed by atoms with Crippen LogP contribution in [0.2, 0.25) is 0 Å². The molecule has 0 radical (unpaired) electrons. The summed E-state index contributed by atoms with van der Waals surface area (Å²) in [6, 6.07) is 0. The van der Waals surface area contributed by atoms with Crippen molar-refractivity contribution in [3.63, 3.8) is 0 Å². The molecule has 2 aliphatic carbocycles. The molecule has 3 fully saturated rings. The Kier molecular flexibility index (Phi) is 1.61. The lowest BCUT2D eigenvalue weighted by atomic mass is 9.70. The van der Waals surface area contributed by atoms with Gasteiger partial charge in [0.25, 0.3) is 0 Å². The van der Waals surface area contributed by atoms with Crippen molar-refractivity contribution < 1.29 is 14.3 Å². The number of Topliss-reactive ketones (excluding diaryl/α,β-unsaturated/α-hetero) is 1. The monoisotopic (exact) mass is 210 g/mol. The van der Waals surface area contributed by atoms with Crippen molar-refractivity contribution in [2.75, 3.05) is 13.2 Å². The zero-order chi connectivity index (χ0) is 10.9. The Morgan fingerprint density at radius 1 is 1.20 bits per heavy atom. The molecule has 1 spiro atoms. The summed E-state index contributed by atoms with van der Waals surface area (Å²) in [6.07, 6.45) is 1.38. The summed E-state index contributed by atoms with van der Waals surface area (Å²) < 4.78 is 11.6. The number of fused-ring (bicyclic) bond motifs is 3. The fourth-order valence-corrected chi connectivity index (χ4v) is 3.83. The van der Waals surface area contributed by atoms with Crippen LogP contribution in [0, 0.1) is 16.7 Å². The molecule has 2 saturated carbocycles. The van der Waals surface area contributed by atoms with E-state index in [0.29, 0.717) is 25.4 Å². The minimum Gasteiger partial charge on any atom is -0.347 e. The Morgan fingerprint density at radius 3 is 2.20 bits per heavy atom. The van der Waals surface area contributed by atoms with Gasteiger partial charge < -0.3 is 9.47 Å². The van der Waals surface area contributed by atoms with Gasteiger partial charge in [-0.2, -0.15) is 0 Å². The highest BCUT2D eigenvalue weighted by atomic mass is 16.7. The minimum absolute atomic E-state index is 0.00836. The van der Waals surface area contributed by atoms with Crippen molar-refractivity contribution in [2.45, 2.75) is 39.4 Å². The molecular formula is C12H18O3. The van der Waals surface area contributed by atoms with Gasteiger partial charge in [-0.3, -0.25) is 4.79 Å². The second kappa shape index (κ2) is 2.46. The minimum atomic E-state index is -0.438. The van der Waals surface area contributed by atoms with Crippen LogP contribution in [0.15, 0.2) is 0 Å². The maximum absolute atomic E-state index is 12.0. The molecule has 0 amide bonds.